The van der Waals surface area contributed by atoms with Gasteiger partial charge in [-0.15, -0.1) is 0 Å². The van der Waals surface area contributed by atoms with E-state index in [9.17, 15) is 0 Å². The highest BCUT2D eigenvalue weighted by molar-refractivity contribution is 7.00. The Morgan fingerprint density at radius 2 is 0.883 bits per heavy atom. The maximum atomic E-state index is 6.45. The Labute approximate surface area is 456 Å². The van der Waals surface area contributed by atoms with Crippen molar-refractivity contribution < 1.29 is 4.42 Å². The van der Waals surface area contributed by atoms with Gasteiger partial charge in [0.1, 0.15) is 11.2 Å². The van der Waals surface area contributed by atoms with Crippen molar-refractivity contribution in [1.82, 2.24) is 4.57 Å². The summed E-state index contributed by atoms with van der Waals surface area (Å²) in [6, 6.07) is 58.2. The van der Waals surface area contributed by atoms with Crippen LogP contribution in [0.4, 0.5) is 34.1 Å². The molecule has 0 bridgehead atoms. The Morgan fingerprint density at radius 3 is 1.51 bits per heavy atom. The summed E-state index contributed by atoms with van der Waals surface area (Å²) in [7, 11) is 0. The van der Waals surface area contributed by atoms with Crippen molar-refractivity contribution in [1.29, 1.82) is 0 Å². The van der Waals surface area contributed by atoms with E-state index in [0.717, 1.165) is 27.5 Å². The van der Waals surface area contributed by atoms with Gasteiger partial charge in [0.05, 0.1) is 28.1 Å². The first-order valence-electron chi connectivity index (χ1n) is 27.8. The van der Waals surface area contributed by atoms with Crippen LogP contribution in [0.5, 0.6) is 0 Å². The molecule has 0 saturated carbocycles. The van der Waals surface area contributed by atoms with Gasteiger partial charge in [-0.05, 0) is 196 Å². The van der Waals surface area contributed by atoms with Crippen molar-refractivity contribution >= 4 is 101 Å². The molecule has 5 heteroatoms. The van der Waals surface area contributed by atoms with Crippen molar-refractivity contribution in [2.75, 3.05) is 9.80 Å². The Morgan fingerprint density at radius 1 is 0.351 bits per heavy atom. The summed E-state index contributed by atoms with van der Waals surface area (Å²) in [4.78, 5) is 5.36. The third-order valence-corrected chi connectivity index (χ3v) is 17.3. The second kappa shape index (κ2) is 16.9. The average Bonchev–Trinajstić information content (AvgIpc) is 3.93. The quantitative estimate of drug-likeness (QED) is 0.164. The number of hydrogen-bond donors (Lipinski definition) is 0. The van der Waals surface area contributed by atoms with Gasteiger partial charge >= 0.3 is 0 Å². The lowest BCUT2D eigenvalue weighted by Crippen LogP contribution is -2.61. The fourth-order valence-electron chi connectivity index (χ4n) is 13.4. The highest BCUT2D eigenvalue weighted by atomic mass is 16.3. The van der Waals surface area contributed by atoms with Crippen LogP contribution in [0.25, 0.3) is 60.6 Å². The third-order valence-electron chi connectivity index (χ3n) is 17.3. The molecule has 2 aliphatic rings. The van der Waals surface area contributed by atoms with Gasteiger partial charge in [0.15, 0.2) is 0 Å². The Balaban J connectivity index is 1.14. The minimum absolute atomic E-state index is 0.00959. The monoisotopic (exact) mass is 1000 g/mol. The summed E-state index contributed by atoms with van der Waals surface area (Å²) < 4.78 is 9.00. The fraction of sp³-hybridized carbons (Fsp3) is 0.250. The maximum absolute atomic E-state index is 6.45. The van der Waals surface area contributed by atoms with Crippen LogP contribution in [-0.2, 0) is 16.2 Å². The molecule has 11 aromatic rings. The molecule has 9 aromatic carbocycles. The number of para-hydroxylation sites is 3. The van der Waals surface area contributed by atoms with E-state index in [4.69, 9.17) is 4.42 Å². The Hall–Kier alpha value is -7.76. The van der Waals surface area contributed by atoms with E-state index in [-0.39, 0.29) is 23.0 Å². The molecule has 0 fully saturated rings. The summed E-state index contributed by atoms with van der Waals surface area (Å²) in [6.07, 6.45) is 0. The lowest BCUT2D eigenvalue weighted by molar-refractivity contribution is 0.589. The Kier molecular flexibility index (Phi) is 10.7. The molecular weight excluding hydrogens is 934 g/mol. The minimum atomic E-state index is -0.172. The van der Waals surface area contributed by atoms with Crippen molar-refractivity contribution in [2.24, 2.45) is 0 Å². The minimum Gasteiger partial charge on any atom is -0.456 e. The van der Waals surface area contributed by atoms with Crippen molar-refractivity contribution in [2.45, 2.75) is 120 Å². The number of hydrogen-bond acceptors (Lipinski definition) is 3. The van der Waals surface area contributed by atoms with E-state index in [1.807, 2.05) is 6.07 Å². The van der Waals surface area contributed by atoms with Gasteiger partial charge in [-0.25, -0.2) is 0 Å². The zero-order valence-corrected chi connectivity index (χ0v) is 47.8. The summed E-state index contributed by atoms with van der Waals surface area (Å²) in [6.45, 7) is 35.0. The van der Waals surface area contributed by atoms with Gasteiger partial charge in [0, 0.05) is 44.3 Å². The number of rotatable bonds is 4. The number of furan rings is 1. The van der Waals surface area contributed by atoms with E-state index in [2.05, 4.69) is 264 Å². The van der Waals surface area contributed by atoms with Crippen LogP contribution in [0.2, 0.25) is 0 Å². The normalized spacial score (nSPS) is 13.6. The topological polar surface area (TPSA) is 24.6 Å². The second-order valence-corrected chi connectivity index (χ2v) is 25.8. The molecule has 0 N–H and O–H groups in total. The van der Waals surface area contributed by atoms with Gasteiger partial charge in [-0.3, -0.25) is 0 Å². The smallest absolute Gasteiger partial charge is 0.252 e. The lowest BCUT2D eigenvalue weighted by atomic mass is 9.33. The average molecular weight is 1000 g/mol. The molecule has 0 aliphatic carbocycles. The van der Waals surface area contributed by atoms with Gasteiger partial charge in [-0.1, -0.05) is 153 Å². The van der Waals surface area contributed by atoms with Crippen LogP contribution in [0.15, 0.2) is 156 Å². The molecule has 13 rings (SSSR count). The summed E-state index contributed by atoms with van der Waals surface area (Å²) in [5.41, 5.74) is 30.5. The molecule has 77 heavy (non-hydrogen) atoms. The Bertz CT molecular complexity index is 4250. The van der Waals surface area contributed by atoms with Gasteiger partial charge in [0.2, 0.25) is 0 Å². The molecule has 0 unspecified atom stereocenters. The number of anilines is 6. The number of aromatic nitrogens is 1. The van der Waals surface area contributed by atoms with Crippen LogP contribution in [0, 0.1) is 41.5 Å². The number of aryl methyl sites for hydroxylation is 6. The predicted molar refractivity (Wildman–Crippen MR) is 332 cm³/mol. The van der Waals surface area contributed by atoms with Crippen LogP contribution in [0.3, 0.4) is 0 Å². The van der Waals surface area contributed by atoms with E-state index >= 15 is 0 Å². The molecule has 0 amide bonds. The van der Waals surface area contributed by atoms with Crippen LogP contribution < -0.4 is 26.2 Å². The highest BCUT2D eigenvalue weighted by Gasteiger charge is 2.46. The van der Waals surface area contributed by atoms with Crippen LogP contribution >= 0.6 is 0 Å². The first-order chi connectivity index (χ1) is 36.6. The van der Waals surface area contributed by atoms with Gasteiger partial charge in [0.25, 0.3) is 6.71 Å². The molecule has 2 aromatic heterocycles. The standard InChI is InChI=1S/C72H70BN3O/c1-41-21-20-22-42(2)67(41)74-58-25-18-16-23-52(58)55-39-57-61(40-59(55)74)76(69-45(5)33-50(34-46(69)6)71(10,11)12)63-38-51(72(13,14)15)37-62-66(63)73(57)56-30-28-49(70(7,8)9)36-60(56)75(62)68-43(3)31-48(32-44(68)4)47-27-29-54-53-24-17-19-26-64(53)77-65(54)35-47/h16-40H,1-15H3. The van der Waals surface area contributed by atoms with E-state index in [1.165, 1.54) is 134 Å². The number of nitrogens with zero attached hydrogens (tertiary/aromatic N) is 3. The first-order valence-corrected chi connectivity index (χ1v) is 27.8. The molecular formula is C72H70BN3O. The zero-order valence-electron chi connectivity index (χ0n) is 47.8. The molecule has 0 atom stereocenters. The van der Waals surface area contributed by atoms with E-state index < -0.39 is 0 Å². The second-order valence-electron chi connectivity index (χ2n) is 25.8. The number of benzene rings is 9. The van der Waals surface area contributed by atoms with Crippen LogP contribution in [0.1, 0.15) is 112 Å². The summed E-state index contributed by atoms with van der Waals surface area (Å²) in [5.74, 6) is 0. The molecule has 4 nitrogen and oxygen atoms in total. The van der Waals surface area contributed by atoms with Gasteiger partial charge < -0.3 is 18.8 Å². The summed E-state index contributed by atoms with van der Waals surface area (Å²) in [5, 5.41) is 4.83. The first kappa shape index (κ1) is 48.9. The van der Waals surface area contributed by atoms with Gasteiger partial charge in [-0.2, -0.15) is 0 Å². The molecule has 0 radical (unpaired) electrons. The highest BCUT2D eigenvalue weighted by Crippen LogP contribution is 2.51. The predicted octanol–water partition coefficient (Wildman–Crippen LogP) is 18.2. The molecule has 0 spiro atoms. The zero-order chi connectivity index (χ0) is 53.9. The molecule has 4 heterocycles. The van der Waals surface area contributed by atoms with Crippen molar-refractivity contribution in [3.63, 3.8) is 0 Å². The largest absolute Gasteiger partial charge is 0.456 e. The molecule has 382 valence electrons. The summed E-state index contributed by atoms with van der Waals surface area (Å²) >= 11 is 0. The van der Waals surface area contributed by atoms with Crippen molar-refractivity contribution in [3.05, 3.63) is 202 Å². The fourth-order valence-corrected chi connectivity index (χ4v) is 13.4. The molecule has 0 saturated heterocycles. The number of fused-ring (bicyclic) bond motifs is 10. The van der Waals surface area contributed by atoms with E-state index in [1.54, 1.807) is 0 Å². The SMILES string of the molecule is Cc1cc(-c2ccc3c(c2)oc2ccccc23)cc(C)c1N1c2cc(C(C)(C)C)ccc2B2c3cc4c5ccccc5n(-c5c(C)cccc5C)c4cc3N(c3c(C)cc(C(C)(C)C)cc3C)c3cc(C(C)(C)C)cc1c32. The maximum Gasteiger partial charge on any atom is 0.252 e. The van der Waals surface area contributed by atoms with Crippen LogP contribution in [-0.4, -0.2) is 11.3 Å². The third kappa shape index (κ3) is 7.47. The lowest BCUT2D eigenvalue weighted by Gasteiger charge is -2.46. The molecule has 2 aliphatic heterocycles. The van der Waals surface area contributed by atoms with E-state index in [0.29, 0.717) is 0 Å². The van der Waals surface area contributed by atoms with Crippen molar-refractivity contribution in [3.8, 4) is 16.8 Å².